The maximum Gasteiger partial charge on any atom is 0.241 e. The highest BCUT2D eigenvalue weighted by molar-refractivity contribution is 7.08. The fraction of sp³-hybridized carbons (Fsp3) is 0.562. The van der Waals surface area contributed by atoms with Gasteiger partial charge in [0, 0.05) is 12.5 Å². The van der Waals surface area contributed by atoms with Gasteiger partial charge >= 0.3 is 0 Å². The van der Waals surface area contributed by atoms with Crippen molar-refractivity contribution in [3.05, 3.63) is 34.2 Å². The fourth-order valence-electron chi connectivity index (χ4n) is 2.60. The van der Waals surface area contributed by atoms with E-state index in [1.165, 1.54) is 0 Å². The first-order valence-electron chi connectivity index (χ1n) is 7.81. The summed E-state index contributed by atoms with van der Waals surface area (Å²) in [5.74, 6) is 1.09. The minimum Gasteiger partial charge on any atom is -0.423 e. The number of amides is 1. The van der Waals surface area contributed by atoms with Crippen molar-refractivity contribution in [3.63, 3.8) is 0 Å². The van der Waals surface area contributed by atoms with Gasteiger partial charge in [0.05, 0.1) is 19.1 Å². The Labute approximate surface area is 139 Å². The van der Waals surface area contributed by atoms with Crippen LogP contribution in [0.1, 0.15) is 56.0 Å². The Balaban J connectivity index is 1.81. The van der Waals surface area contributed by atoms with Gasteiger partial charge in [-0.1, -0.05) is 13.8 Å². The van der Waals surface area contributed by atoms with Crippen LogP contribution in [-0.4, -0.2) is 40.8 Å². The number of thiophene rings is 1. The van der Waals surface area contributed by atoms with Crippen molar-refractivity contribution in [1.82, 2.24) is 15.1 Å². The molecule has 23 heavy (non-hydrogen) atoms. The van der Waals surface area contributed by atoms with Crippen LogP contribution in [0, 0.1) is 0 Å². The van der Waals surface area contributed by atoms with Gasteiger partial charge in [-0.25, -0.2) is 0 Å². The zero-order chi connectivity index (χ0) is 16.4. The quantitative estimate of drug-likeness (QED) is 0.859. The van der Waals surface area contributed by atoms with Crippen molar-refractivity contribution in [2.45, 2.75) is 38.6 Å². The molecule has 1 aliphatic rings. The molecule has 0 spiro atoms. The number of morpholine rings is 1. The second-order valence-corrected chi connectivity index (χ2v) is 6.81. The molecule has 0 saturated carbocycles. The van der Waals surface area contributed by atoms with Gasteiger partial charge in [-0.15, -0.1) is 10.2 Å². The van der Waals surface area contributed by atoms with Crippen molar-refractivity contribution < 1.29 is 13.9 Å². The van der Waals surface area contributed by atoms with Gasteiger partial charge in [-0.3, -0.25) is 4.79 Å². The van der Waals surface area contributed by atoms with Crippen molar-refractivity contribution in [2.75, 3.05) is 19.8 Å². The Morgan fingerprint density at radius 1 is 1.39 bits per heavy atom. The minimum atomic E-state index is -0.308. The van der Waals surface area contributed by atoms with Crippen LogP contribution in [0.4, 0.5) is 0 Å². The normalized spacial score (nSPS) is 20.0. The Kier molecular flexibility index (Phi) is 4.77. The second kappa shape index (κ2) is 6.80. The molecule has 2 aromatic heterocycles. The van der Waals surface area contributed by atoms with Crippen LogP contribution < -0.4 is 0 Å². The first kappa shape index (κ1) is 16.1. The molecule has 1 amide bonds. The van der Waals surface area contributed by atoms with Crippen molar-refractivity contribution >= 4 is 17.2 Å². The molecule has 0 radical (unpaired) electrons. The number of hydrogen-bond donors (Lipinski definition) is 0. The number of carbonyl (C=O) groups is 1. The molecular formula is C16H21N3O3S. The molecule has 1 aliphatic heterocycles. The number of hydrogen-bond acceptors (Lipinski definition) is 6. The van der Waals surface area contributed by atoms with Crippen LogP contribution in [0.5, 0.6) is 0 Å². The fourth-order valence-corrected chi connectivity index (χ4v) is 3.35. The lowest BCUT2D eigenvalue weighted by atomic mass is 10.0. The van der Waals surface area contributed by atoms with Crippen LogP contribution in [0.3, 0.4) is 0 Å². The number of aromatic nitrogens is 2. The van der Waals surface area contributed by atoms with E-state index in [4.69, 9.17) is 9.15 Å². The van der Waals surface area contributed by atoms with Gasteiger partial charge in [0.15, 0.2) is 0 Å². The van der Waals surface area contributed by atoms with Gasteiger partial charge in [-0.2, -0.15) is 11.3 Å². The standard InChI is InChI=1S/C16H21N3O3S/c1-10(2)14-17-18-15(22-14)13-8-21-6-5-19(13)16(20)11(3)12-4-7-23-9-12/h4,7,9-11,13H,5-6,8H2,1-3H3/t11-,13+/m0/s1. The average molecular weight is 335 g/mol. The highest BCUT2D eigenvalue weighted by atomic mass is 32.1. The van der Waals surface area contributed by atoms with Crippen LogP contribution in [0.25, 0.3) is 0 Å². The molecule has 0 N–H and O–H groups in total. The van der Waals surface area contributed by atoms with E-state index in [0.29, 0.717) is 31.5 Å². The molecule has 1 saturated heterocycles. The SMILES string of the molecule is CC(C)c1nnc([C@H]2COCCN2C(=O)[C@@H](C)c2ccsc2)o1. The van der Waals surface area contributed by atoms with E-state index >= 15 is 0 Å². The first-order valence-corrected chi connectivity index (χ1v) is 8.75. The summed E-state index contributed by atoms with van der Waals surface area (Å²) in [6.07, 6.45) is 0. The molecule has 124 valence electrons. The molecule has 0 unspecified atom stereocenters. The maximum absolute atomic E-state index is 12.9. The highest BCUT2D eigenvalue weighted by Gasteiger charge is 2.35. The summed E-state index contributed by atoms with van der Waals surface area (Å²) in [7, 11) is 0. The average Bonchev–Trinajstić information content (AvgIpc) is 3.24. The van der Waals surface area contributed by atoms with Gasteiger partial charge in [-0.05, 0) is 29.3 Å². The Hall–Kier alpha value is -1.73. The Morgan fingerprint density at radius 3 is 2.87 bits per heavy atom. The van der Waals surface area contributed by atoms with Crippen molar-refractivity contribution in [2.24, 2.45) is 0 Å². The van der Waals surface area contributed by atoms with Crippen molar-refractivity contribution in [1.29, 1.82) is 0 Å². The van der Waals surface area contributed by atoms with Gasteiger partial charge in [0.2, 0.25) is 17.7 Å². The molecule has 7 heteroatoms. The van der Waals surface area contributed by atoms with Gasteiger partial charge < -0.3 is 14.1 Å². The summed E-state index contributed by atoms with van der Waals surface area (Å²) in [6, 6.07) is 1.68. The van der Waals surface area contributed by atoms with E-state index < -0.39 is 0 Å². The lowest BCUT2D eigenvalue weighted by Crippen LogP contribution is -2.45. The molecule has 3 heterocycles. The third-order valence-corrected chi connectivity index (χ3v) is 4.76. The Bertz CT molecular complexity index is 653. The molecule has 0 aliphatic carbocycles. The minimum absolute atomic E-state index is 0.0704. The van der Waals surface area contributed by atoms with Crippen LogP contribution >= 0.6 is 11.3 Å². The third kappa shape index (κ3) is 3.30. The van der Waals surface area contributed by atoms with E-state index in [-0.39, 0.29) is 23.8 Å². The zero-order valence-corrected chi connectivity index (χ0v) is 14.4. The van der Waals surface area contributed by atoms with E-state index in [9.17, 15) is 4.79 Å². The van der Waals surface area contributed by atoms with E-state index in [1.54, 1.807) is 11.3 Å². The van der Waals surface area contributed by atoms with E-state index in [2.05, 4.69) is 10.2 Å². The largest absolute Gasteiger partial charge is 0.423 e. The van der Waals surface area contributed by atoms with E-state index in [1.807, 2.05) is 42.5 Å². The summed E-state index contributed by atoms with van der Waals surface area (Å²) in [5, 5.41) is 12.2. The number of nitrogens with zero attached hydrogens (tertiary/aromatic N) is 3. The van der Waals surface area contributed by atoms with Gasteiger partial charge in [0.1, 0.15) is 6.04 Å². The third-order valence-electron chi connectivity index (χ3n) is 4.06. The predicted octanol–water partition coefficient (Wildman–Crippen LogP) is 2.96. The summed E-state index contributed by atoms with van der Waals surface area (Å²) in [4.78, 5) is 14.7. The summed E-state index contributed by atoms with van der Waals surface area (Å²) < 4.78 is 11.3. The molecule has 0 aromatic carbocycles. The monoisotopic (exact) mass is 335 g/mol. The molecule has 0 bridgehead atoms. The van der Waals surface area contributed by atoms with Crippen LogP contribution in [0.2, 0.25) is 0 Å². The lowest BCUT2D eigenvalue weighted by molar-refractivity contribution is -0.142. The number of rotatable bonds is 4. The topological polar surface area (TPSA) is 68.5 Å². The molecular weight excluding hydrogens is 314 g/mol. The van der Waals surface area contributed by atoms with E-state index in [0.717, 1.165) is 5.56 Å². The highest BCUT2D eigenvalue weighted by Crippen LogP contribution is 2.29. The lowest BCUT2D eigenvalue weighted by Gasteiger charge is -2.35. The first-order chi connectivity index (χ1) is 11.1. The zero-order valence-electron chi connectivity index (χ0n) is 13.6. The number of ether oxygens (including phenoxy) is 1. The summed E-state index contributed by atoms with van der Waals surface area (Å²) >= 11 is 1.60. The van der Waals surface area contributed by atoms with Crippen LogP contribution in [0.15, 0.2) is 21.2 Å². The summed E-state index contributed by atoms with van der Waals surface area (Å²) in [6.45, 7) is 7.39. The van der Waals surface area contributed by atoms with Crippen molar-refractivity contribution in [3.8, 4) is 0 Å². The maximum atomic E-state index is 12.9. The molecule has 6 nitrogen and oxygen atoms in total. The number of carbonyl (C=O) groups excluding carboxylic acids is 1. The molecule has 2 atom stereocenters. The smallest absolute Gasteiger partial charge is 0.241 e. The predicted molar refractivity (Wildman–Crippen MR) is 86.4 cm³/mol. The molecule has 3 rings (SSSR count). The van der Waals surface area contributed by atoms with Gasteiger partial charge in [0.25, 0.3) is 0 Å². The Morgan fingerprint density at radius 2 is 2.22 bits per heavy atom. The molecule has 1 fully saturated rings. The second-order valence-electron chi connectivity index (χ2n) is 6.03. The summed E-state index contributed by atoms with van der Waals surface area (Å²) in [5.41, 5.74) is 1.04. The molecule has 2 aromatic rings. The van der Waals surface area contributed by atoms with Crippen LogP contribution in [-0.2, 0) is 9.53 Å².